The highest BCUT2D eigenvalue weighted by atomic mass is 16.7. The second-order valence-corrected chi connectivity index (χ2v) is 8.16. The molecule has 1 aromatic heterocycles. The average molecular weight is 412 g/mol. The molecule has 158 valence electrons. The van der Waals surface area contributed by atoms with Crippen LogP contribution in [0.4, 0.5) is 9.59 Å². The number of piperidine rings is 1. The maximum Gasteiger partial charge on any atom is 0.407 e. The van der Waals surface area contributed by atoms with Gasteiger partial charge < -0.3 is 19.5 Å². The average Bonchev–Trinajstić information content (AvgIpc) is 3.26. The molecule has 2 aliphatic heterocycles. The third kappa shape index (κ3) is 3.28. The van der Waals surface area contributed by atoms with Crippen molar-refractivity contribution in [2.24, 2.45) is 5.41 Å². The van der Waals surface area contributed by atoms with E-state index in [1.165, 1.54) is 7.05 Å². The molecule has 2 bridgehead atoms. The predicted molar refractivity (Wildman–Crippen MR) is 104 cm³/mol. The molecular formula is C21H24N4O5. The normalized spacial score (nSPS) is 23.7. The van der Waals surface area contributed by atoms with Gasteiger partial charge in [0.1, 0.15) is 12.3 Å². The molecule has 1 aromatic carbocycles. The van der Waals surface area contributed by atoms with E-state index in [2.05, 4.69) is 10.5 Å². The van der Waals surface area contributed by atoms with Gasteiger partial charge in [0.05, 0.1) is 12.1 Å². The van der Waals surface area contributed by atoms with E-state index in [-0.39, 0.29) is 30.1 Å². The van der Waals surface area contributed by atoms with Crippen LogP contribution in [0.3, 0.4) is 0 Å². The monoisotopic (exact) mass is 412 g/mol. The summed E-state index contributed by atoms with van der Waals surface area (Å²) in [7, 11) is 1.49. The van der Waals surface area contributed by atoms with E-state index < -0.39 is 6.09 Å². The molecule has 9 nitrogen and oxygen atoms in total. The first kappa shape index (κ1) is 18.9. The zero-order chi connectivity index (χ0) is 20.7. The van der Waals surface area contributed by atoms with Crippen LogP contribution >= 0.6 is 0 Å². The summed E-state index contributed by atoms with van der Waals surface area (Å²) in [6.07, 6.45) is 2.44. The number of ether oxygens (including phenoxy) is 1. The van der Waals surface area contributed by atoms with Gasteiger partial charge in [-0.25, -0.2) is 9.59 Å². The number of amides is 3. The number of hydroxylamine groups is 2. The fourth-order valence-electron chi connectivity index (χ4n) is 4.52. The minimum atomic E-state index is -0.536. The SMILES string of the molecule is CNC(=O)OCc1cc([C@@H]2CC3(CC3)[C@@H]3CN2C(=O)N3OCc2ccccc2)no1. The summed E-state index contributed by atoms with van der Waals surface area (Å²) in [6, 6.07) is 11.4. The molecule has 0 unspecified atom stereocenters. The molecule has 2 atom stereocenters. The van der Waals surface area contributed by atoms with Gasteiger partial charge in [-0.05, 0) is 30.2 Å². The van der Waals surface area contributed by atoms with E-state index in [0.29, 0.717) is 24.6 Å². The van der Waals surface area contributed by atoms with Gasteiger partial charge in [0.2, 0.25) is 0 Å². The molecule has 2 aromatic rings. The standard InChI is InChI=1S/C21H24N4O5/c1-22-19(26)28-13-15-9-16(23-30-15)17-10-21(7-8-21)18-11-24(17)20(27)25(18)29-12-14-5-3-2-4-6-14/h2-6,9,17-18H,7-8,10-13H2,1H3,(H,22,26)/t17-,18-/m0/s1. The fourth-order valence-corrected chi connectivity index (χ4v) is 4.52. The Hall–Kier alpha value is -3.07. The van der Waals surface area contributed by atoms with Crippen molar-refractivity contribution in [1.29, 1.82) is 0 Å². The van der Waals surface area contributed by atoms with Crippen LogP contribution in [-0.2, 0) is 22.8 Å². The number of nitrogens with one attached hydrogen (secondary N) is 1. The number of alkyl carbamates (subject to hydrolysis) is 1. The van der Waals surface area contributed by atoms with Crippen LogP contribution in [-0.4, -0.2) is 46.9 Å². The third-order valence-electron chi connectivity index (χ3n) is 6.34. The lowest BCUT2D eigenvalue weighted by Gasteiger charge is -2.35. The molecule has 3 aliphatic rings. The third-order valence-corrected chi connectivity index (χ3v) is 6.34. The van der Waals surface area contributed by atoms with Crippen molar-refractivity contribution in [3.63, 3.8) is 0 Å². The fraction of sp³-hybridized carbons (Fsp3) is 0.476. The number of carbonyl (C=O) groups is 2. The minimum Gasteiger partial charge on any atom is -0.441 e. The number of carbonyl (C=O) groups excluding carboxylic acids is 2. The van der Waals surface area contributed by atoms with Gasteiger partial charge >= 0.3 is 12.1 Å². The summed E-state index contributed by atoms with van der Waals surface area (Å²) in [4.78, 5) is 32.2. The Morgan fingerprint density at radius 3 is 2.83 bits per heavy atom. The van der Waals surface area contributed by atoms with Crippen molar-refractivity contribution >= 4 is 12.1 Å². The van der Waals surface area contributed by atoms with Crippen LogP contribution in [0.1, 0.15) is 42.3 Å². The molecule has 1 aliphatic carbocycles. The zero-order valence-electron chi connectivity index (χ0n) is 16.7. The molecule has 9 heteroatoms. The Bertz CT molecular complexity index is 942. The Morgan fingerprint density at radius 2 is 2.10 bits per heavy atom. The van der Waals surface area contributed by atoms with E-state index in [1.807, 2.05) is 35.2 Å². The number of hydrogen-bond acceptors (Lipinski definition) is 6. The van der Waals surface area contributed by atoms with Crippen LogP contribution in [0.25, 0.3) is 0 Å². The predicted octanol–water partition coefficient (Wildman–Crippen LogP) is 2.99. The number of benzene rings is 1. The van der Waals surface area contributed by atoms with E-state index in [1.54, 1.807) is 11.1 Å². The number of rotatable bonds is 6. The van der Waals surface area contributed by atoms with Crippen molar-refractivity contribution in [3.8, 4) is 0 Å². The lowest BCUT2D eigenvalue weighted by molar-refractivity contribution is -0.153. The molecular weight excluding hydrogens is 388 g/mol. The van der Waals surface area contributed by atoms with Gasteiger partial charge in [-0.15, -0.1) is 0 Å². The largest absolute Gasteiger partial charge is 0.441 e. The molecule has 1 spiro atoms. The zero-order valence-corrected chi connectivity index (χ0v) is 16.7. The van der Waals surface area contributed by atoms with Gasteiger partial charge in [0.15, 0.2) is 12.4 Å². The van der Waals surface area contributed by atoms with E-state index >= 15 is 0 Å². The maximum atomic E-state index is 13.2. The van der Waals surface area contributed by atoms with Crippen molar-refractivity contribution in [2.45, 2.75) is 44.6 Å². The highest BCUT2D eigenvalue weighted by Crippen LogP contribution is 2.61. The first-order valence-corrected chi connectivity index (χ1v) is 10.2. The second-order valence-electron chi connectivity index (χ2n) is 8.16. The molecule has 0 radical (unpaired) electrons. The van der Waals surface area contributed by atoms with Crippen molar-refractivity contribution in [3.05, 3.63) is 53.4 Å². The molecule has 3 heterocycles. The topological polar surface area (TPSA) is 97.1 Å². The van der Waals surface area contributed by atoms with E-state index in [9.17, 15) is 9.59 Å². The maximum absolute atomic E-state index is 13.2. The van der Waals surface area contributed by atoms with Gasteiger partial charge in [-0.3, -0.25) is 4.84 Å². The molecule has 3 amide bonds. The summed E-state index contributed by atoms with van der Waals surface area (Å²) in [5.74, 6) is 0.449. The van der Waals surface area contributed by atoms with Crippen LogP contribution in [0.2, 0.25) is 0 Å². The molecule has 5 rings (SSSR count). The summed E-state index contributed by atoms with van der Waals surface area (Å²) >= 11 is 0. The van der Waals surface area contributed by atoms with E-state index in [0.717, 1.165) is 24.8 Å². The number of fused-ring (bicyclic) bond motifs is 3. The molecule has 2 saturated heterocycles. The number of nitrogens with zero attached hydrogens (tertiary/aromatic N) is 3. The van der Waals surface area contributed by atoms with E-state index in [4.69, 9.17) is 14.1 Å². The molecule has 1 saturated carbocycles. The number of aromatic nitrogens is 1. The lowest BCUT2D eigenvalue weighted by atomic mass is 9.84. The second kappa shape index (κ2) is 7.32. The summed E-state index contributed by atoms with van der Waals surface area (Å²) in [5, 5.41) is 8.13. The van der Waals surface area contributed by atoms with Crippen LogP contribution in [0.15, 0.2) is 40.9 Å². The van der Waals surface area contributed by atoms with Crippen molar-refractivity contribution in [2.75, 3.05) is 13.6 Å². The first-order chi connectivity index (χ1) is 14.6. The van der Waals surface area contributed by atoms with Gasteiger partial charge in [0, 0.05) is 19.7 Å². The number of urea groups is 1. The highest BCUT2D eigenvalue weighted by molar-refractivity contribution is 5.77. The summed E-state index contributed by atoms with van der Waals surface area (Å²) in [5.41, 5.74) is 1.79. The van der Waals surface area contributed by atoms with Crippen LogP contribution < -0.4 is 5.32 Å². The Balaban J connectivity index is 1.31. The summed E-state index contributed by atoms with van der Waals surface area (Å²) < 4.78 is 10.3. The highest BCUT2D eigenvalue weighted by Gasteiger charge is 2.63. The lowest BCUT2D eigenvalue weighted by Crippen LogP contribution is -2.42. The molecule has 30 heavy (non-hydrogen) atoms. The Labute approximate surface area is 173 Å². The molecule has 1 N–H and O–H groups in total. The number of hydrogen-bond donors (Lipinski definition) is 1. The van der Waals surface area contributed by atoms with Crippen LogP contribution in [0.5, 0.6) is 0 Å². The quantitative estimate of drug-likeness (QED) is 0.783. The Kier molecular flexibility index (Phi) is 4.62. The van der Waals surface area contributed by atoms with Crippen molar-refractivity contribution < 1.29 is 23.7 Å². The Morgan fingerprint density at radius 1 is 1.30 bits per heavy atom. The smallest absolute Gasteiger partial charge is 0.407 e. The first-order valence-electron chi connectivity index (χ1n) is 10.2. The van der Waals surface area contributed by atoms with Gasteiger partial charge in [0.25, 0.3) is 0 Å². The van der Waals surface area contributed by atoms with Crippen molar-refractivity contribution in [1.82, 2.24) is 20.4 Å². The minimum absolute atomic E-state index is 0.00653. The summed E-state index contributed by atoms with van der Waals surface area (Å²) in [6.45, 7) is 0.977. The molecule has 3 fully saturated rings. The van der Waals surface area contributed by atoms with Gasteiger partial charge in [-0.1, -0.05) is 35.5 Å². The van der Waals surface area contributed by atoms with Crippen LogP contribution in [0, 0.1) is 5.41 Å². The van der Waals surface area contributed by atoms with Gasteiger partial charge in [-0.2, -0.15) is 5.06 Å².